The number of fused-ring (bicyclic) bond motifs is 1. The van der Waals surface area contributed by atoms with E-state index >= 15 is 0 Å². The average Bonchev–Trinajstić information content (AvgIpc) is 3.68. The van der Waals surface area contributed by atoms with Crippen molar-refractivity contribution in [3.63, 3.8) is 0 Å². The molecule has 1 unspecified atom stereocenters. The number of halogens is 2. The molecule has 2 amide bonds. The molecule has 9 nitrogen and oxygen atoms in total. The summed E-state index contributed by atoms with van der Waals surface area (Å²) in [7, 11) is 0. The van der Waals surface area contributed by atoms with Crippen molar-refractivity contribution in [2.75, 3.05) is 0 Å². The average molecular weight is 575 g/mol. The SMILES string of the molecule is CCc1cc(-c2ccc3cc(C(=O)NC4(C(=O)NC(C)(C#N)CC)CCC(F)(F)CC4)oc3c2)ccc1-n1cncn1. The van der Waals surface area contributed by atoms with Crippen LogP contribution in [0.1, 0.15) is 69.0 Å². The van der Waals surface area contributed by atoms with Gasteiger partial charge in [-0.1, -0.05) is 32.0 Å². The van der Waals surface area contributed by atoms with Gasteiger partial charge in [0.2, 0.25) is 11.8 Å². The molecule has 1 atom stereocenters. The first-order chi connectivity index (χ1) is 20.0. The number of alkyl halides is 2. The van der Waals surface area contributed by atoms with Gasteiger partial charge in [0, 0.05) is 18.2 Å². The Bertz CT molecular complexity index is 1660. The summed E-state index contributed by atoms with van der Waals surface area (Å²) in [5.41, 5.74) is 1.51. The topological polar surface area (TPSA) is 126 Å². The number of benzene rings is 2. The number of amides is 2. The summed E-state index contributed by atoms with van der Waals surface area (Å²) in [5.74, 6) is -4.31. The first-order valence-corrected chi connectivity index (χ1v) is 14.0. The third-order valence-electron chi connectivity index (χ3n) is 8.17. The van der Waals surface area contributed by atoms with E-state index in [2.05, 4.69) is 39.8 Å². The van der Waals surface area contributed by atoms with Crippen LogP contribution in [0, 0.1) is 11.3 Å². The Morgan fingerprint density at radius 2 is 1.81 bits per heavy atom. The van der Waals surface area contributed by atoms with Crippen LogP contribution in [0.15, 0.2) is 59.5 Å². The monoisotopic (exact) mass is 574 g/mol. The Kier molecular flexibility index (Phi) is 7.58. The van der Waals surface area contributed by atoms with Gasteiger partial charge in [-0.2, -0.15) is 10.4 Å². The van der Waals surface area contributed by atoms with Crippen molar-refractivity contribution in [3.05, 3.63) is 66.4 Å². The van der Waals surface area contributed by atoms with Crippen molar-refractivity contribution in [2.45, 2.75) is 76.3 Å². The highest BCUT2D eigenvalue weighted by atomic mass is 19.3. The van der Waals surface area contributed by atoms with Gasteiger partial charge in [0.1, 0.15) is 29.3 Å². The van der Waals surface area contributed by atoms with Crippen LogP contribution >= 0.6 is 0 Å². The molecule has 1 saturated carbocycles. The molecule has 2 aromatic heterocycles. The molecule has 5 rings (SSSR count). The zero-order chi connectivity index (χ0) is 30.1. The number of hydrogen-bond acceptors (Lipinski definition) is 6. The Morgan fingerprint density at radius 1 is 1.10 bits per heavy atom. The van der Waals surface area contributed by atoms with Crippen LogP contribution in [0.3, 0.4) is 0 Å². The van der Waals surface area contributed by atoms with E-state index in [1.165, 1.54) is 6.33 Å². The fourth-order valence-electron chi connectivity index (χ4n) is 5.22. The lowest BCUT2D eigenvalue weighted by atomic mass is 9.78. The predicted molar refractivity (Wildman–Crippen MR) is 152 cm³/mol. The molecule has 1 aliphatic rings. The zero-order valence-electron chi connectivity index (χ0n) is 23.7. The van der Waals surface area contributed by atoms with Gasteiger partial charge in [-0.15, -0.1) is 0 Å². The molecule has 11 heteroatoms. The minimum absolute atomic E-state index is 0.0408. The van der Waals surface area contributed by atoms with Crippen LogP contribution < -0.4 is 10.6 Å². The number of nitrogens with one attached hydrogen (secondary N) is 2. The second kappa shape index (κ2) is 11.0. The highest BCUT2D eigenvalue weighted by molar-refractivity contribution is 6.00. The molecular weight excluding hydrogens is 542 g/mol. The number of rotatable bonds is 8. The summed E-state index contributed by atoms with van der Waals surface area (Å²) >= 11 is 0. The maximum atomic E-state index is 14.1. The quantitative estimate of drug-likeness (QED) is 0.277. The van der Waals surface area contributed by atoms with Crippen LogP contribution in [0.5, 0.6) is 0 Å². The van der Waals surface area contributed by atoms with Crippen LogP contribution in [0.2, 0.25) is 0 Å². The van der Waals surface area contributed by atoms with Crippen molar-refractivity contribution in [1.82, 2.24) is 25.4 Å². The molecule has 0 saturated heterocycles. The number of nitriles is 1. The summed E-state index contributed by atoms with van der Waals surface area (Å²) in [4.78, 5) is 30.8. The first kappa shape index (κ1) is 28.9. The highest BCUT2D eigenvalue weighted by Crippen LogP contribution is 2.39. The molecule has 1 fully saturated rings. The molecular formula is C31H32F2N6O3. The summed E-state index contributed by atoms with van der Waals surface area (Å²) in [6.07, 6.45) is 2.57. The highest BCUT2D eigenvalue weighted by Gasteiger charge is 2.50. The van der Waals surface area contributed by atoms with Crippen LogP contribution in [0.4, 0.5) is 8.78 Å². The maximum absolute atomic E-state index is 14.1. The number of aromatic nitrogens is 3. The van der Waals surface area contributed by atoms with E-state index < -0.39 is 41.7 Å². The molecule has 2 heterocycles. The lowest BCUT2D eigenvalue weighted by Gasteiger charge is -2.40. The molecule has 0 aliphatic heterocycles. The Labute approximate surface area is 241 Å². The van der Waals surface area contributed by atoms with Gasteiger partial charge in [-0.25, -0.2) is 18.4 Å². The molecule has 0 spiro atoms. The molecule has 218 valence electrons. The van der Waals surface area contributed by atoms with E-state index in [9.17, 15) is 23.6 Å². The van der Waals surface area contributed by atoms with Crippen LogP contribution in [-0.4, -0.2) is 43.6 Å². The molecule has 4 aromatic rings. The van der Waals surface area contributed by atoms with Gasteiger partial charge in [0.25, 0.3) is 5.91 Å². The number of hydrogen-bond donors (Lipinski definition) is 2. The second-order valence-corrected chi connectivity index (χ2v) is 11.0. The van der Waals surface area contributed by atoms with E-state index in [0.717, 1.165) is 28.8 Å². The standard InChI is InChI=1S/C31H32F2N6O3/c1-4-20-14-21(8-9-24(20)39-19-35-18-36-39)22-6-7-23-16-26(42-25(23)15-22)27(40)37-30(10-12-31(32,33)13-11-30)28(41)38-29(3,5-2)17-34/h6-9,14-16,18-19H,4-5,10-13H2,1-3H3,(H,37,40)(H,38,41). The van der Waals surface area contributed by atoms with E-state index in [1.54, 1.807) is 30.9 Å². The largest absolute Gasteiger partial charge is 0.451 e. The fraction of sp³-hybridized carbons (Fsp3) is 0.387. The smallest absolute Gasteiger partial charge is 0.287 e. The molecule has 2 aromatic carbocycles. The Morgan fingerprint density at radius 3 is 2.45 bits per heavy atom. The number of nitrogens with zero attached hydrogens (tertiary/aromatic N) is 4. The van der Waals surface area contributed by atoms with E-state index in [0.29, 0.717) is 17.4 Å². The Hall–Kier alpha value is -4.59. The molecule has 2 N–H and O–H groups in total. The number of carbonyl (C=O) groups is 2. The minimum Gasteiger partial charge on any atom is -0.451 e. The van der Waals surface area contributed by atoms with Crippen molar-refractivity contribution in [2.24, 2.45) is 0 Å². The van der Waals surface area contributed by atoms with Gasteiger partial charge in [0.05, 0.1) is 11.8 Å². The summed E-state index contributed by atoms with van der Waals surface area (Å²) in [6.45, 7) is 5.35. The predicted octanol–water partition coefficient (Wildman–Crippen LogP) is 5.73. The molecule has 42 heavy (non-hydrogen) atoms. The normalized spacial score (nSPS) is 17.2. The fourth-order valence-corrected chi connectivity index (χ4v) is 5.22. The van der Waals surface area contributed by atoms with Crippen LogP contribution in [0.25, 0.3) is 27.8 Å². The Balaban J connectivity index is 1.41. The van der Waals surface area contributed by atoms with Crippen molar-refractivity contribution < 1.29 is 22.8 Å². The third kappa shape index (κ3) is 5.62. The number of furan rings is 1. The minimum atomic E-state index is -2.93. The number of carbonyl (C=O) groups excluding carboxylic acids is 2. The maximum Gasteiger partial charge on any atom is 0.287 e. The van der Waals surface area contributed by atoms with Crippen molar-refractivity contribution >= 4 is 22.8 Å². The summed E-state index contributed by atoms with van der Waals surface area (Å²) < 4.78 is 35.8. The van der Waals surface area contributed by atoms with Gasteiger partial charge in [-0.05, 0) is 73.6 Å². The molecule has 0 bridgehead atoms. The summed E-state index contributed by atoms with van der Waals surface area (Å²) in [6, 6.07) is 15.2. The van der Waals surface area contributed by atoms with Gasteiger partial charge >= 0.3 is 0 Å². The third-order valence-corrected chi connectivity index (χ3v) is 8.17. The molecule has 1 aliphatic carbocycles. The van der Waals surface area contributed by atoms with E-state index in [4.69, 9.17) is 4.42 Å². The summed E-state index contributed by atoms with van der Waals surface area (Å²) in [5, 5.41) is 19.8. The van der Waals surface area contributed by atoms with Gasteiger partial charge in [0.15, 0.2) is 5.76 Å². The second-order valence-electron chi connectivity index (χ2n) is 11.0. The number of aryl methyl sites for hydroxylation is 1. The van der Waals surface area contributed by atoms with Crippen molar-refractivity contribution in [1.29, 1.82) is 5.26 Å². The molecule has 0 radical (unpaired) electrons. The first-order valence-electron chi connectivity index (χ1n) is 14.0. The zero-order valence-corrected chi connectivity index (χ0v) is 23.7. The van der Waals surface area contributed by atoms with Crippen LogP contribution in [-0.2, 0) is 11.2 Å². The lowest BCUT2D eigenvalue weighted by molar-refractivity contribution is -0.134. The van der Waals surface area contributed by atoms with Gasteiger partial charge < -0.3 is 15.1 Å². The van der Waals surface area contributed by atoms with Gasteiger partial charge in [-0.3, -0.25) is 9.59 Å². The van der Waals surface area contributed by atoms with E-state index in [-0.39, 0.29) is 18.6 Å². The van der Waals surface area contributed by atoms with Crippen molar-refractivity contribution in [3.8, 4) is 22.9 Å². The lowest BCUT2D eigenvalue weighted by Crippen LogP contribution is -2.64. The van der Waals surface area contributed by atoms with E-state index in [1.807, 2.05) is 30.3 Å².